The van der Waals surface area contributed by atoms with Crippen LogP contribution >= 0.6 is 0 Å². The predicted octanol–water partition coefficient (Wildman–Crippen LogP) is 1.50. The van der Waals surface area contributed by atoms with Gasteiger partial charge in [0.15, 0.2) is 0 Å². The first-order valence-electron chi connectivity index (χ1n) is 7.15. The number of hydrogen-bond acceptors (Lipinski definition) is 5. The molecule has 19 heavy (non-hydrogen) atoms. The van der Waals surface area contributed by atoms with Crippen LogP contribution in [0.25, 0.3) is 0 Å². The second-order valence-electron chi connectivity index (χ2n) is 5.21. The lowest BCUT2D eigenvalue weighted by atomic mass is 9.96. The standard InChI is InChI=1S/C14H27NO4/c1-4-8-15-14(2,13(16)17-3)7-5-9-19-12-6-10-18-11-12/h12,15H,4-11H2,1-3H3. The highest BCUT2D eigenvalue weighted by molar-refractivity contribution is 5.80. The first-order valence-corrected chi connectivity index (χ1v) is 7.15. The van der Waals surface area contributed by atoms with Crippen molar-refractivity contribution in [3.05, 3.63) is 0 Å². The summed E-state index contributed by atoms with van der Waals surface area (Å²) in [6.45, 7) is 6.93. The summed E-state index contributed by atoms with van der Waals surface area (Å²) < 4.78 is 15.8. The highest BCUT2D eigenvalue weighted by Gasteiger charge is 2.33. The van der Waals surface area contributed by atoms with E-state index in [1.165, 1.54) is 7.11 Å². The molecule has 0 saturated carbocycles. The van der Waals surface area contributed by atoms with Crippen LogP contribution in [-0.4, -0.2) is 51.1 Å². The molecule has 2 unspecified atom stereocenters. The van der Waals surface area contributed by atoms with Crippen molar-refractivity contribution < 1.29 is 19.0 Å². The van der Waals surface area contributed by atoms with Crippen LogP contribution in [0.4, 0.5) is 0 Å². The van der Waals surface area contributed by atoms with Gasteiger partial charge in [-0.3, -0.25) is 4.79 Å². The van der Waals surface area contributed by atoms with E-state index >= 15 is 0 Å². The van der Waals surface area contributed by atoms with Crippen molar-refractivity contribution in [3.63, 3.8) is 0 Å². The van der Waals surface area contributed by atoms with Gasteiger partial charge in [-0.2, -0.15) is 0 Å². The van der Waals surface area contributed by atoms with Gasteiger partial charge in [-0.15, -0.1) is 0 Å². The van der Waals surface area contributed by atoms with Crippen LogP contribution in [-0.2, 0) is 19.0 Å². The second kappa shape index (κ2) is 8.51. The van der Waals surface area contributed by atoms with Gasteiger partial charge in [0, 0.05) is 13.2 Å². The van der Waals surface area contributed by atoms with Crippen molar-refractivity contribution in [1.29, 1.82) is 0 Å². The van der Waals surface area contributed by atoms with Crippen molar-refractivity contribution in [3.8, 4) is 0 Å². The van der Waals surface area contributed by atoms with Crippen LogP contribution in [0, 0.1) is 0 Å². The van der Waals surface area contributed by atoms with Gasteiger partial charge in [-0.1, -0.05) is 6.92 Å². The zero-order chi connectivity index (χ0) is 14.1. The topological polar surface area (TPSA) is 56.8 Å². The van der Waals surface area contributed by atoms with E-state index in [0.29, 0.717) is 19.6 Å². The van der Waals surface area contributed by atoms with Crippen LogP contribution in [0.5, 0.6) is 0 Å². The molecule has 0 aromatic carbocycles. The Hall–Kier alpha value is -0.650. The molecule has 1 saturated heterocycles. The Balaban J connectivity index is 2.28. The average molecular weight is 273 g/mol. The van der Waals surface area contributed by atoms with E-state index < -0.39 is 5.54 Å². The summed E-state index contributed by atoms with van der Waals surface area (Å²) in [7, 11) is 1.43. The third kappa shape index (κ3) is 5.47. The molecule has 0 bridgehead atoms. The molecule has 5 heteroatoms. The molecule has 0 aromatic rings. The number of carbonyl (C=O) groups excluding carboxylic acids is 1. The largest absolute Gasteiger partial charge is 0.468 e. The first kappa shape index (κ1) is 16.4. The Morgan fingerprint density at radius 3 is 2.89 bits per heavy atom. The average Bonchev–Trinajstić information content (AvgIpc) is 2.93. The van der Waals surface area contributed by atoms with Gasteiger partial charge in [0.1, 0.15) is 5.54 Å². The Morgan fingerprint density at radius 1 is 1.53 bits per heavy atom. The summed E-state index contributed by atoms with van der Waals surface area (Å²) in [5, 5.41) is 3.27. The fourth-order valence-corrected chi connectivity index (χ4v) is 2.21. The summed E-state index contributed by atoms with van der Waals surface area (Å²) in [6.07, 6.45) is 3.74. The highest BCUT2D eigenvalue weighted by Crippen LogP contribution is 2.16. The van der Waals surface area contributed by atoms with Crippen LogP contribution < -0.4 is 5.32 Å². The molecular formula is C14H27NO4. The molecular weight excluding hydrogens is 246 g/mol. The van der Waals surface area contributed by atoms with Crippen LogP contribution in [0.15, 0.2) is 0 Å². The van der Waals surface area contributed by atoms with Gasteiger partial charge in [-0.25, -0.2) is 0 Å². The van der Waals surface area contributed by atoms with Gasteiger partial charge in [0.2, 0.25) is 0 Å². The molecule has 0 amide bonds. The maximum absolute atomic E-state index is 11.8. The third-order valence-electron chi connectivity index (χ3n) is 3.46. The Labute approximate surface area is 116 Å². The molecule has 112 valence electrons. The minimum Gasteiger partial charge on any atom is -0.468 e. The summed E-state index contributed by atoms with van der Waals surface area (Å²) in [5.74, 6) is -0.204. The van der Waals surface area contributed by atoms with Crippen LogP contribution in [0.1, 0.15) is 39.5 Å². The normalized spacial score (nSPS) is 22.2. The Bertz CT molecular complexity index is 266. The number of nitrogens with one attached hydrogen (secondary N) is 1. The fourth-order valence-electron chi connectivity index (χ4n) is 2.21. The SMILES string of the molecule is CCCNC(C)(CCCOC1CCOC1)C(=O)OC. The van der Waals surface area contributed by atoms with E-state index in [1.807, 2.05) is 6.92 Å². The van der Waals surface area contributed by atoms with Gasteiger partial charge < -0.3 is 19.5 Å². The maximum Gasteiger partial charge on any atom is 0.325 e. The Kier molecular flexibility index (Phi) is 7.34. The summed E-state index contributed by atoms with van der Waals surface area (Å²) in [5.41, 5.74) is -0.611. The van der Waals surface area contributed by atoms with Gasteiger partial charge in [-0.05, 0) is 39.2 Å². The molecule has 1 rings (SSSR count). The van der Waals surface area contributed by atoms with Gasteiger partial charge >= 0.3 is 5.97 Å². The molecule has 0 aromatic heterocycles. The third-order valence-corrected chi connectivity index (χ3v) is 3.46. The van der Waals surface area contributed by atoms with Crippen molar-refractivity contribution in [2.45, 2.75) is 51.2 Å². The van der Waals surface area contributed by atoms with Gasteiger partial charge in [0.25, 0.3) is 0 Å². The fraction of sp³-hybridized carbons (Fsp3) is 0.929. The van der Waals surface area contributed by atoms with Crippen LogP contribution in [0.3, 0.4) is 0 Å². The minimum atomic E-state index is -0.611. The van der Waals surface area contributed by atoms with Crippen molar-refractivity contribution in [2.24, 2.45) is 0 Å². The molecule has 1 heterocycles. The Morgan fingerprint density at radius 2 is 2.32 bits per heavy atom. The molecule has 2 atom stereocenters. The van der Waals surface area contributed by atoms with Crippen molar-refractivity contribution in [1.82, 2.24) is 5.32 Å². The lowest BCUT2D eigenvalue weighted by Crippen LogP contribution is -2.50. The number of esters is 1. The highest BCUT2D eigenvalue weighted by atomic mass is 16.5. The molecule has 0 aliphatic carbocycles. The number of rotatable bonds is 9. The van der Waals surface area contributed by atoms with Gasteiger partial charge in [0.05, 0.1) is 19.8 Å². The van der Waals surface area contributed by atoms with E-state index in [2.05, 4.69) is 12.2 Å². The quantitative estimate of drug-likeness (QED) is 0.510. The van der Waals surface area contributed by atoms with Crippen molar-refractivity contribution >= 4 is 5.97 Å². The van der Waals surface area contributed by atoms with E-state index in [9.17, 15) is 4.79 Å². The second-order valence-corrected chi connectivity index (χ2v) is 5.21. The zero-order valence-corrected chi connectivity index (χ0v) is 12.4. The van der Waals surface area contributed by atoms with E-state index in [0.717, 1.165) is 32.4 Å². The smallest absolute Gasteiger partial charge is 0.325 e. The zero-order valence-electron chi connectivity index (χ0n) is 12.4. The molecule has 1 fully saturated rings. The molecule has 0 radical (unpaired) electrons. The lowest BCUT2D eigenvalue weighted by molar-refractivity contribution is -0.148. The number of carbonyl (C=O) groups is 1. The molecule has 5 nitrogen and oxygen atoms in total. The van der Waals surface area contributed by atoms with E-state index in [4.69, 9.17) is 14.2 Å². The number of hydrogen-bond donors (Lipinski definition) is 1. The monoisotopic (exact) mass is 273 g/mol. The van der Waals surface area contributed by atoms with E-state index in [1.54, 1.807) is 0 Å². The van der Waals surface area contributed by atoms with Crippen molar-refractivity contribution in [2.75, 3.05) is 33.5 Å². The summed E-state index contributed by atoms with van der Waals surface area (Å²) in [4.78, 5) is 11.8. The summed E-state index contributed by atoms with van der Waals surface area (Å²) >= 11 is 0. The molecule has 1 aliphatic rings. The van der Waals surface area contributed by atoms with Crippen LogP contribution in [0.2, 0.25) is 0 Å². The predicted molar refractivity (Wildman–Crippen MR) is 73.1 cm³/mol. The lowest BCUT2D eigenvalue weighted by Gasteiger charge is -2.28. The minimum absolute atomic E-state index is 0.204. The number of methoxy groups -OCH3 is 1. The molecule has 1 N–H and O–H groups in total. The summed E-state index contributed by atoms with van der Waals surface area (Å²) in [6, 6.07) is 0. The molecule has 1 aliphatic heterocycles. The molecule has 0 spiro atoms. The van der Waals surface area contributed by atoms with E-state index in [-0.39, 0.29) is 12.1 Å². The number of ether oxygens (including phenoxy) is 3. The maximum atomic E-state index is 11.8. The first-order chi connectivity index (χ1) is 9.12.